The van der Waals surface area contributed by atoms with Crippen LogP contribution in [0.15, 0.2) is 63.5 Å². The summed E-state index contributed by atoms with van der Waals surface area (Å²) in [6, 6.07) is 17.0. The highest BCUT2D eigenvalue weighted by Crippen LogP contribution is 2.24. The van der Waals surface area contributed by atoms with Crippen LogP contribution in [-0.4, -0.2) is 10.7 Å². The Morgan fingerprint density at radius 1 is 1.25 bits per heavy atom. The molecule has 0 saturated carbocycles. The van der Waals surface area contributed by atoms with Gasteiger partial charge in [0.15, 0.2) is 10.7 Å². The molecule has 0 aliphatic carbocycles. The lowest BCUT2D eigenvalue weighted by Gasteiger charge is -2.00. The van der Waals surface area contributed by atoms with Crippen LogP contribution >= 0.6 is 38.9 Å². The first-order valence-electron chi connectivity index (χ1n) is 6.87. The van der Waals surface area contributed by atoms with Crippen molar-refractivity contribution < 1.29 is 0 Å². The van der Waals surface area contributed by atoms with E-state index in [1.807, 2.05) is 35.7 Å². The first-order chi connectivity index (χ1) is 11.7. The predicted molar refractivity (Wildman–Crippen MR) is 102 cm³/mol. The van der Waals surface area contributed by atoms with Crippen molar-refractivity contribution in [2.24, 2.45) is 5.10 Å². The number of aromatic nitrogens is 1. The van der Waals surface area contributed by atoms with Crippen molar-refractivity contribution in [2.75, 3.05) is 5.43 Å². The van der Waals surface area contributed by atoms with Crippen LogP contribution in [0.1, 0.15) is 5.01 Å². The number of halogens is 2. The minimum atomic E-state index is 0.225. The fourth-order valence-corrected chi connectivity index (χ4v) is 3.16. The smallest absolute Gasteiger partial charge is 0.196 e. The van der Waals surface area contributed by atoms with E-state index in [-0.39, 0.29) is 5.71 Å². The molecule has 1 aromatic heterocycles. The molecule has 0 fully saturated rings. The van der Waals surface area contributed by atoms with Crippen LogP contribution in [0, 0.1) is 11.3 Å². The van der Waals surface area contributed by atoms with Crippen LogP contribution in [-0.2, 0) is 0 Å². The highest BCUT2D eigenvalue weighted by Gasteiger charge is 2.10. The second-order valence-corrected chi connectivity index (χ2v) is 6.95. The molecular formula is C17H10BrClN4S. The average molecular weight is 418 g/mol. The first-order valence-corrected chi connectivity index (χ1v) is 8.92. The molecule has 0 spiro atoms. The average Bonchev–Trinajstić information content (AvgIpc) is 3.06. The lowest BCUT2D eigenvalue weighted by molar-refractivity contribution is 1.31. The molecular weight excluding hydrogens is 408 g/mol. The van der Waals surface area contributed by atoms with E-state index in [2.05, 4.69) is 37.5 Å². The summed E-state index contributed by atoms with van der Waals surface area (Å²) in [5.41, 5.74) is 5.57. The molecule has 3 aromatic rings. The summed E-state index contributed by atoms with van der Waals surface area (Å²) in [6.45, 7) is 0. The number of rotatable bonds is 4. The Hall–Kier alpha value is -2.20. The highest BCUT2D eigenvalue weighted by atomic mass is 79.9. The largest absolute Gasteiger partial charge is 0.277 e. The van der Waals surface area contributed by atoms with E-state index < -0.39 is 0 Å². The molecule has 0 aliphatic rings. The van der Waals surface area contributed by atoms with Gasteiger partial charge in [-0.25, -0.2) is 4.98 Å². The van der Waals surface area contributed by atoms with E-state index in [9.17, 15) is 5.26 Å². The summed E-state index contributed by atoms with van der Waals surface area (Å²) in [5.74, 6) is 0. The van der Waals surface area contributed by atoms with Gasteiger partial charge in [-0.2, -0.15) is 10.4 Å². The monoisotopic (exact) mass is 416 g/mol. The van der Waals surface area contributed by atoms with E-state index >= 15 is 0 Å². The summed E-state index contributed by atoms with van der Waals surface area (Å²) in [4.78, 5) is 4.50. The number of nitrogens with zero attached hydrogens (tertiary/aromatic N) is 3. The Bertz CT molecular complexity index is 928. The van der Waals surface area contributed by atoms with Crippen LogP contribution in [0.3, 0.4) is 0 Å². The highest BCUT2D eigenvalue weighted by molar-refractivity contribution is 9.10. The Balaban J connectivity index is 1.82. The molecule has 1 N–H and O–H groups in total. The van der Waals surface area contributed by atoms with Crippen molar-refractivity contribution >= 4 is 50.3 Å². The Morgan fingerprint density at radius 2 is 2.04 bits per heavy atom. The summed E-state index contributed by atoms with van der Waals surface area (Å²) >= 11 is 10.7. The Kier molecular flexibility index (Phi) is 5.26. The van der Waals surface area contributed by atoms with Crippen LogP contribution in [0.4, 0.5) is 5.69 Å². The molecule has 0 aliphatic heterocycles. The number of hydrazone groups is 1. The number of hydrogen-bond donors (Lipinski definition) is 1. The number of thiazole rings is 1. The lowest BCUT2D eigenvalue weighted by Crippen LogP contribution is -2.01. The van der Waals surface area contributed by atoms with Crippen molar-refractivity contribution in [3.05, 3.63) is 68.4 Å². The minimum Gasteiger partial charge on any atom is -0.277 e. The summed E-state index contributed by atoms with van der Waals surface area (Å²) in [5, 5.41) is 16.5. The Morgan fingerprint density at radius 3 is 2.75 bits per heavy atom. The van der Waals surface area contributed by atoms with E-state index in [4.69, 9.17) is 11.6 Å². The molecule has 0 saturated heterocycles. The van der Waals surface area contributed by atoms with Crippen molar-refractivity contribution in [3.63, 3.8) is 0 Å². The van der Waals surface area contributed by atoms with E-state index in [1.165, 1.54) is 11.3 Å². The third kappa shape index (κ3) is 4.01. The lowest BCUT2D eigenvalue weighted by atomic mass is 10.2. The number of hydrogen-bond acceptors (Lipinski definition) is 5. The van der Waals surface area contributed by atoms with Crippen LogP contribution in [0.25, 0.3) is 11.3 Å². The molecule has 0 atom stereocenters. The Labute approximate surface area is 156 Å². The van der Waals surface area contributed by atoms with Crippen LogP contribution in [0.2, 0.25) is 5.02 Å². The van der Waals surface area contributed by atoms with Gasteiger partial charge >= 0.3 is 0 Å². The maximum atomic E-state index is 9.34. The number of nitriles is 1. The first kappa shape index (κ1) is 16.7. The second kappa shape index (κ2) is 7.58. The summed E-state index contributed by atoms with van der Waals surface area (Å²) in [6.07, 6.45) is 0. The van der Waals surface area contributed by atoms with Crippen molar-refractivity contribution in [1.29, 1.82) is 5.26 Å². The van der Waals surface area contributed by atoms with Gasteiger partial charge in [0.2, 0.25) is 0 Å². The maximum Gasteiger partial charge on any atom is 0.196 e. The third-order valence-electron chi connectivity index (χ3n) is 3.07. The predicted octanol–water partition coefficient (Wildman–Crippen LogP) is 5.57. The second-order valence-electron chi connectivity index (χ2n) is 4.74. The standard InChI is InChI=1S/C17H10BrClN4S/c18-12-6-4-11(5-7-12)16-10-24-17(21-16)15(9-20)23-22-14-3-1-2-13(19)8-14/h1-8,10,22H. The van der Waals surface area contributed by atoms with Gasteiger partial charge in [-0.3, -0.25) is 5.43 Å². The zero-order valence-electron chi connectivity index (χ0n) is 12.2. The van der Waals surface area contributed by atoms with Gasteiger partial charge in [-0.1, -0.05) is 45.7 Å². The molecule has 0 unspecified atom stereocenters. The minimum absolute atomic E-state index is 0.225. The number of nitrogens with one attached hydrogen (secondary N) is 1. The molecule has 0 bridgehead atoms. The normalized spacial score (nSPS) is 11.1. The molecule has 0 amide bonds. The van der Waals surface area contributed by atoms with Crippen molar-refractivity contribution in [1.82, 2.24) is 4.98 Å². The van der Waals surface area contributed by atoms with Gasteiger partial charge in [0.1, 0.15) is 6.07 Å². The topological polar surface area (TPSA) is 61.1 Å². The maximum absolute atomic E-state index is 9.34. The van der Waals surface area contributed by atoms with E-state index in [0.29, 0.717) is 15.7 Å². The van der Waals surface area contributed by atoms with Gasteiger partial charge in [-0.15, -0.1) is 11.3 Å². The molecule has 118 valence electrons. The molecule has 2 aromatic carbocycles. The molecule has 7 heteroatoms. The van der Waals surface area contributed by atoms with E-state index in [0.717, 1.165) is 15.7 Å². The molecule has 4 nitrogen and oxygen atoms in total. The molecule has 0 radical (unpaired) electrons. The fraction of sp³-hybridized carbons (Fsp3) is 0. The third-order valence-corrected chi connectivity index (χ3v) is 4.69. The quantitative estimate of drug-likeness (QED) is 0.446. The number of benzene rings is 2. The summed E-state index contributed by atoms with van der Waals surface area (Å²) < 4.78 is 1.01. The van der Waals surface area contributed by atoms with Crippen molar-refractivity contribution in [3.8, 4) is 17.3 Å². The van der Waals surface area contributed by atoms with Gasteiger partial charge in [-0.05, 0) is 30.3 Å². The van der Waals surface area contributed by atoms with Crippen LogP contribution in [0.5, 0.6) is 0 Å². The zero-order chi connectivity index (χ0) is 16.9. The van der Waals surface area contributed by atoms with Gasteiger partial charge in [0, 0.05) is 20.4 Å². The van der Waals surface area contributed by atoms with E-state index in [1.54, 1.807) is 18.2 Å². The zero-order valence-corrected chi connectivity index (χ0v) is 15.4. The summed E-state index contributed by atoms with van der Waals surface area (Å²) in [7, 11) is 0. The number of anilines is 1. The van der Waals surface area contributed by atoms with Gasteiger partial charge in [0.25, 0.3) is 0 Å². The van der Waals surface area contributed by atoms with Gasteiger partial charge < -0.3 is 0 Å². The van der Waals surface area contributed by atoms with Crippen molar-refractivity contribution in [2.45, 2.75) is 0 Å². The molecule has 1 heterocycles. The van der Waals surface area contributed by atoms with Crippen LogP contribution < -0.4 is 5.43 Å². The van der Waals surface area contributed by atoms with Gasteiger partial charge in [0.05, 0.1) is 11.4 Å². The molecule has 3 rings (SSSR count). The SMILES string of the molecule is N#CC(=NNc1cccc(Cl)c1)c1nc(-c2ccc(Br)cc2)cs1. The fourth-order valence-electron chi connectivity index (χ4n) is 1.93. The molecule has 24 heavy (non-hydrogen) atoms.